The minimum Gasteiger partial charge on any atom is -0.345 e. The second-order valence-electron chi connectivity index (χ2n) is 6.38. The Morgan fingerprint density at radius 3 is 2.47 bits per heavy atom. The van der Waals surface area contributed by atoms with Gasteiger partial charge in [0.15, 0.2) is 0 Å². The topological polar surface area (TPSA) is 90.5 Å². The van der Waals surface area contributed by atoms with Crippen LogP contribution in [0.25, 0.3) is 11.4 Å². The summed E-state index contributed by atoms with van der Waals surface area (Å²) in [4.78, 5) is 20.9. The van der Waals surface area contributed by atoms with Gasteiger partial charge in [-0.05, 0) is 29.8 Å². The molecule has 0 saturated heterocycles. The quantitative estimate of drug-likeness (QED) is 0.493. The monoisotopic (exact) mass is 441 g/mol. The number of nitrogens with one attached hydrogen (secondary N) is 1. The fraction of sp³-hybridized carbons (Fsp3) is 0.150. The number of halogens is 2. The van der Waals surface area contributed by atoms with Gasteiger partial charge in [0.25, 0.3) is 5.91 Å². The number of amides is 1. The second kappa shape index (κ2) is 8.64. The zero-order chi connectivity index (χ0) is 21.1. The third kappa shape index (κ3) is 4.05. The first kappa shape index (κ1) is 20.1. The van der Waals surface area contributed by atoms with Crippen LogP contribution in [0.1, 0.15) is 28.9 Å². The molecule has 0 bridgehead atoms. The molecule has 30 heavy (non-hydrogen) atoms. The van der Waals surface area contributed by atoms with Crippen LogP contribution in [0.15, 0.2) is 55.1 Å². The number of benzene rings is 2. The number of aryl methyl sites for hydroxylation is 1. The highest BCUT2D eigenvalue weighted by Gasteiger charge is 2.19. The van der Waals surface area contributed by atoms with Crippen molar-refractivity contribution < 1.29 is 4.79 Å². The van der Waals surface area contributed by atoms with Gasteiger partial charge in [-0.1, -0.05) is 48.3 Å². The van der Waals surface area contributed by atoms with E-state index in [0.717, 1.165) is 11.3 Å². The standard InChI is InChI=1S/C20H17Cl2N7O/c1-2-17-26-19(27-29(17)18-15(21)4-3-5-16(18)22)20(30)24-10-13-6-8-14(9-7-13)28-12-23-11-25-28/h3-9,11-12H,2,10H2,1H3,(H,24,30). The van der Waals surface area contributed by atoms with E-state index in [0.29, 0.717) is 34.5 Å². The average molecular weight is 442 g/mol. The van der Waals surface area contributed by atoms with Crippen LogP contribution < -0.4 is 5.32 Å². The van der Waals surface area contributed by atoms with Gasteiger partial charge in [0.2, 0.25) is 5.82 Å². The Morgan fingerprint density at radius 1 is 1.10 bits per heavy atom. The van der Waals surface area contributed by atoms with Gasteiger partial charge in [-0.15, -0.1) is 5.10 Å². The van der Waals surface area contributed by atoms with Gasteiger partial charge in [0, 0.05) is 13.0 Å². The van der Waals surface area contributed by atoms with E-state index in [9.17, 15) is 4.79 Å². The minimum absolute atomic E-state index is 0.0575. The Labute approximate surface area is 182 Å². The fourth-order valence-corrected chi connectivity index (χ4v) is 3.47. The number of nitrogens with zero attached hydrogens (tertiary/aromatic N) is 6. The molecule has 152 valence electrons. The lowest BCUT2D eigenvalue weighted by Gasteiger charge is -2.08. The van der Waals surface area contributed by atoms with Crippen molar-refractivity contribution in [3.63, 3.8) is 0 Å². The Hall–Kier alpha value is -3.23. The van der Waals surface area contributed by atoms with Gasteiger partial charge in [-0.25, -0.2) is 19.3 Å². The molecule has 0 aliphatic carbocycles. The van der Waals surface area contributed by atoms with Crippen LogP contribution in [0, 0.1) is 0 Å². The Bertz CT molecular complexity index is 1150. The molecule has 0 aliphatic rings. The highest BCUT2D eigenvalue weighted by atomic mass is 35.5. The maximum atomic E-state index is 12.6. The molecule has 1 amide bonds. The van der Waals surface area contributed by atoms with Gasteiger partial charge in [0.05, 0.1) is 15.7 Å². The Kier molecular flexibility index (Phi) is 5.78. The molecular formula is C20H17Cl2N7O. The average Bonchev–Trinajstić information content (AvgIpc) is 3.43. The van der Waals surface area contributed by atoms with E-state index in [1.165, 1.54) is 11.0 Å². The van der Waals surface area contributed by atoms with Crippen molar-refractivity contribution in [3.8, 4) is 11.4 Å². The number of hydrogen-bond acceptors (Lipinski definition) is 5. The van der Waals surface area contributed by atoms with Gasteiger partial charge in [-0.3, -0.25) is 4.79 Å². The van der Waals surface area contributed by atoms with Crippen molar-refractivity contribution in [2.75, 3.05) is 0 Å². The number of para-hydroxylation sites is 1. The summed E-state index contributed by atoms with van der Waals surface area (Å²) in [5.41, 5.74) is 2.32. The molecular weight excluding hydrogens is 425 g/mol. The summed E-state index contributed by atoms with van der Waals surface area (Å²) < 4.78 is 3.18. The predicted octanol–water partition coefficient (Wildman–Crippen LogP) is 3.65. The zero-order valence-electron chi connectivity index (χ0n) is 16.0. The fourth-order valence-electron chi connectivity index (χ4n) is 2.91. The molecule has 4 aromatic rings. The normalized spacial score (nSPS) is 10.9. The third-order valence-corrected chi connectivity index (χ3v) is 5.03. The van der Waals surface area contributed by atoms with Crippen LogP contribution in [0.2, 0.25) is 10.0 Å². The summed E-state index contributed by atoms with van der Waals surface area (Å²) in [6.45, 7) is 2.25. The van der Waals surface area contributed by atoms with Crippen molar-refractivity contribution in [2.45, 2.75) is 19.9 Å². The number of carbonyl (C=O) groups excluding carboxylic acids is 1. The molecule has 1 N–H and O–H groups in total. The molecule has 0 atom stereocenters. The molecule has 4 rings (SSSR count). The lowest BCUT2D eigenvalue weighted by molar-refractivity contribution is 0.0940. The summed E-state index contributed by atoms with van der Waals surface area (Å²) >= 11 is 12.6. The second-order valence-corrected chi connectivity index (χ2v) is 7.19. The van der Waals surface area contributed by atoms with E-state index in [4.69, 9.17) is 23.2 Å². The van der Waals surface area contributed by atoms with Crippen LogP contribution in [0.3, 0.4) is 0 Å². The van der Waals surface area contributed by atoms with Gasteiger partial charge >= 0.3 is 0 Å². The predicted molar refractivity (Wildman–Crippen MR) is 113 cm³/mol. The van der Waals surface area contributed by atoms with Crippen molar-refractivity contribution in [2.24, 2.45) is 0 Å². The summed E-state index contributed by atoms with van der Waals surface area (Å²) in [5, 5.41) is 12.1. The third-order valence-electron chi connectivity index (χ3n) is 4.42. The van der Waals surface area contributed by atoms with Crippen molar-refractivity contribution >= 4 is 29.1 Å². The Balaban J connectivity index is 1.49. The van der Waals surface area contributed by atoms with Crippen LogP contribution in [-0.2, 0) is 13.0 Å². The van der Waals surface area contributed by atoms with Gasteiger partial charge in [0.1, 0.15) is 24.2 Å². The number of hydrogen-bond donors (Lipinski definition) is 1. The lowest BCUT2D eigenvalue weighted by Crippen LogP contribution is -2.24. The SMILES string of the molecule is CCc1nc(C(=O)NCc2ccc(-n3cncn3)cc2)nn1-c1c(Cl)cccc1Cl. The van der Waals surface area contributed by atoms with Gasteiger partial charge in [-0.2, -0.15) is 5.10 Å². The van der Waals surface area contributed by atoms with Gasteiger partial charge < -0.3 is 5.32 Å². The molecule has 2 heterocycles. The summed E-state index contributed by atoms with van der Waals surface area (Å²) in [6, 6.07) is 12.8. The molecule has 2 aromatic carbocycles. The van der Waals surface area contributed by atoms with Crippen LogP contribution in [0.4, 0.5) is 0 Å². The molecule has 0 radical (unpaired) electrons. The van der Waals surface area contributed by atoms with Crippen LogP contribution in [-0.4, -0.2) is 35.4 Å². The molecule has 0 unspecified atom stereocenters. The van der Waals surface area contributed by atoms with Crippen molar-refractivity contribution in [1.29, 1.82) is 0 Å². The molecule has 0 aliphatic heterocycles. The lowest BCUT2D eigenvalue weighted by atomic mass is 10.2. The maximum absolute atomic E-state index is 12.6. The highest BCUT2D eigenvalue weighted by molar-refractivity contribution is 6.37. The smallest absolute Gasteiger partial charge is 0.291 e. The first-order chi connectivity index (χ1) is 14.6. The first-order valence-corrected chi connectivity index (χ1v) is 9.95. The molecule has 0 spiro atoms. The molecule has 8 nitrogen and oxygen atoms in total. The van der Waals surface area contributed by atoms with Crippen LogP contribution in [0.5, 0.6) is 0 Å². The van der Waals surface area contributed by atoms with Crippen molar-refractivity contribution in [3.05, 3.63) is 82.4 Å². The Morgan fingerprint density at radius 2 is 1.83 bits per heavy atom. The van der Waals surface area contributed by atoms with E-state index in [-0.39, 0.29) is 11.7 Å². The maximum Gasteiger partial charge on any atom is 0.291 e. The zero-order valence-corrected chi connectivity index (χ0v) is 17.5. The van der Waals surface area contributed by atoms with Crippen LogP contribution >= 0.6 is 23.2 Å². The molecule has 10 heteroatoms. The van der Waals surface area contributed by atoms with E-state index in [1.807, 2.05) is 31.2 Å². The van der Waals surface area contributed by atoms with E-state index in [2.05, 4.69) is 25.5 Å². The number of aromatic nitrogens is 6. The van der Waals surface area contributed by atoms with Crippen molar-refractivity contribution in [1.82, 2.24) is 34.8 Å². The number of rotatable bonds is 6. The highest BCUT2D eigenvalue weighted by Crippen LogP contribution is 2.28. The molecule has 0 fully saturated rings. The number of carbonyl (C=O) groups is 1. The minimum atomic E-state index is -0.382. The summed E-state index contributed by atoms with van der Waals surface area (Å²) in [7, 11) is 0. The van der Waals surface area contributed by atoms with E-state index >= 15 is 0 Å². The summed E-state index contributed by atoms with van der Waals surface area (Å²) in [5.74, 6) is 0.265. The first-order valence-electron chi connectivity index (χ1n) is 9.19. The van der Waals surface area contributed by atoms with E-state index < -0.39 is 0 Å². The van der Waals surface area contributed by atoms with E-state index in [1.54, 1.807) is 29.2 Å². The largest absolute Gasteiger partial charge is 0.345 e. The molecule has 0 saturated carbocycles. The summed E-state index contributed by atoms with van der Waals surface area (Å²) in [6.07, 6.45) is 3.65. The molecule has 2 aromatic heterocycles.